The highest BCUT2D eigenvalue weighted by Gasteiger charge is 2.27. The molecule has 1 N–H and O–H groups in total. The van der Waals surface area contributed by atoms with Gasteiger partial charge >= 0.3 is 5.97 Å². The Morgan fingerprint density at radius 3 is 2.23 bits per heavy atom. The fraction of sp³-hybridized carbons (Fsp3) is 0.667. The van der Waals surface area contributed by atoms with Crippen LogP contribution in [0.4, 0.5) is 0 Å². The molecule has 0 spiro atoms. The van der Waals surface area contributed by atoms with Gasteiger partial charge in [0.25, 0.3) is 0 Å². The van der Waals surface area contributed by atoms with E-state index < -0.39 is 0 Å². The van der Waals surface area contributed by atoms with Crippen LogP contribution < -0.4 is 5.32 Å². The fourth-order valence-corrected chi connectivity index (χ4v) is 4.42. The Balaban J connectivity index is 0.00000341. The van der Waals surface area contributed by atoms with Crippen LogP contribution in [-0.4, -0.2) is 61.6 Å². The second-order valence-corrected chi connectivity index (χ2v) is 8.42. The number of benzene rings is 1. The molecule has 0 amide bonds. The van der Waals surface area contributed by atoms with Crippen LogP contribution >= 0.6 is 24.0 Å². The second-order valence-electron chi connectivity index (χ2n) is 8.42. The molecule has 1 aromatic rings. The Kier molecular flexibility index (Phi) is 11.6. The summed E-state index contributed by atoms with van der Waals surface area (Å²) in [4.78, 5) is 21.2. The molecule has 0 saturated carbocycles. The van der Waals surface area contributed by atoms with E-state index in [2.05, 4.69) is 44.4 Å². The van der Waals surface area contributed by atoms with E-state index in [9.17, 15) is 4.79 Å². The van der Waals surface area contributed by atoms with Gasteiger partial charge in [-0.15, -0.1) is 24.0 Å². The molecule has 0 atom stereocenters. The summed E-state index contributed by atoms with van der Waals surface area (Å²) in [6.07, 6.45) is 7.07. The first kappa shape index (κ1) is 25.9. The zero-order chi connectivity index (χ0) is 21.2. The quantitative estimate of drug-likeness (QED) is 0.255. The first-order chi connectivity index (χ1) is 14.7. The summed E-state index contributed by atoms with van der Waals surface area (Å²) in [5, 5.41) is 3.48. The van der Waals surface area contributed by atoms with Crippen LogP contribution in [0.1, 0.15) is 56.6 Å². The number of ether oxygens (including phenoxy) is 1. The lowest BCUT2D eigenvalue weighted by molar-refractivity contribution is -0.149. The SMILES string of the molecule is CCOC(=O)C1CCN(C(=NC)NCc2ccc(CN3CCCCCC3)cc2)CC1.I. The minimum atomic E-state index is -0.0552. The second kappa shape index (κ2) is 13.9. The molecule has 174 valence electrons. The topological polar surface area (TPSA) is 57.2 Å². The number of carbonyl (C=O) groups is 1. The number of piperidine rings is 1. The van der Waals surface area contributed by atoms with Crippen molar-refractivity contribution in [1.29, 1.82) is 0 Å². The normalized spacial score (nSPS) is 18.8. The lowest BCUT2D eigenvalue weighted by Gasteiger charge is -2.33. The summed E-state index contributed by atoms with van der Waals surface area (Å²) in [5.74, 6) is 0.877. The van der Waals surface area contributed by atoms with Crippen molar-refractivity contribution in [2.45, 2.75) is 58.5 Å². The first-order valence-corrected chi connectivity index (χ1v) is 11.6. The van der Waals surface area contributed by atoms with Crippen molar-refractivity contribution in [2.75, 3.05) is 39.8 Å². The van der Waals surface area contributed by atoms with Gasteiger partial charge in [0.05, 0.1) is 12.5 Å². The van der Waals surface area contributed by atoms with E-state index in [1.165, 1.54) is 49.9 Å². The molecule has 1 aromatic carbocycles. The van der Waals surface area contributed by atoms with Crippen molar-refractivity contribution < 1.29 is 9.53 Å². The van der Waals surface area contributed by atoms with Crippen LogP contribution in [0.25, 0.3) is 0 Å². The molecule has 2 heterocycles. The van der Waals surface area contributed by atoms with Gasteiger partial charge < -0.3 is 15.0 Å². The Bertz CT molecular complexity index is 679. The van der Waals surface area contributed by atoms with Crippen LogP contribution in [0.2, 0.25) is 0 Å². The zero-order valence-electron chi connectivity index (χ0n) is 19.1. The number of rotatable bonds is 6. The van der Waals surface area contributed by atoms with E-state index in [0.29, 0.717) is 6.61 Å². The summed E-state index contributed by atoms with van der Waals surface area (Å²) in [7, 11) is 1.82. The van der Waals surface area contributed by atoms with Gasteiger partial charge in [0.2, 0.25) is 0 Å². The van der Waals surface area contributed by atoms with Crippen molar-refractivity contribution in [3.05, 3.63) is 35.4 Å². The molecule has 7 heteroatoms. The molecule has 31 heavy (non-hydrogen) atoms. The monoisotopic (exact) mass is 542 g/mol. The number of hydrogen-bond donors (Lipinski definition) is 1. The van der Waals surface area contributed by atoms with Gasteiger partial charge in [-0.05, 0) is 56.8 Å². The third-order valence-electron chi connectivity index (χ3n) is 6.20. The van der Waals surface area contributed by atoms with Gasteiger partial charge in [0.15, 0.2) is 5.96 Å². The molecule has 0 unspecified atom stereocenters. The number of likely N-dealkylation sites (tertiary alicyclic amines) is 2. The van der Waals surface area contributed by atoms with E-state index in [1.807, 2.05) is 14.0 Å². The molecule has 0 bridgehead atoms. The number of carbonyl (C=O) groups excluding carboxylic acids is 1. The average molecular weight is 543 g/mol. The van der Waals surface area contributed by atoms with Gasteiger partial charge in [0, 0.05) is 33.2 Å². The van der Waals surface area contributed by atoms with Gasteiger partial charge in [0.1, 0.15) is 0 Å². The molecular weight excluding hydrogens is 503 g/mol. The molecule has 3 rings (SSSR count). The first-order valence-electron chi connectivity index (χ1n) is 11.6. The van der Waals surface area contributed by atoms with Gasteiger partial charge in [-0.1, -0.05) is 37.1 Å². The third kappa shape index (κ3) is 8.25. The number of halogens is 1. The Hall–Kier alpha value is -1.35. The maximum Gasteiger partial charge on any atom is 0.309 e. The molecule has 2 aliphatic rings. The van der Waals surface area contributed by atoms with Crippen LogP contribution in [0.3, 0.4) is 0 Å². The maximum absolute atomic E-state index is 11.9. The molecule has 6 nitrogen and oxygen atoms in total. The van der Waals surface area contributed by atoms with Gasteiger partial charge in [-0.3, -0.25) is 14.7 Å². The summed E-state index contributed by atoms with van der Waals surface area (Å²) in [6, 6.07) is 8.96. The highest BCUT2D eigenvalue weighted by atomic mass is 127. The number of nitrogens with one attached hydrogen (secondary N) is 1. The van der Waals surface area contributed by atoms with E-state index >= 15 is 0 Å². The molecule has 2 aliphatic heterocycles. The van der Waals surface area contributed by atoms with Gasteiger partial charge in [-0.25, -0.2) is 0 Å². The highest BCUT2D eigenvalue weighted by Crippen LogP contribution is 2.19. The minimum absolute atomic E-state index is 0. The number of aliphatic imine (C=N–C) groups is 1. The fourth-order valence-electron chi connectivity index (χ4n) is 4.42. The zero-order valence-corrected chi connectivity index (χ0v) is 21.5. The lowest BCUT2D eigenvalue weighted by Crippen LogP contribution is -2.46. The van der Waals surface area contributed by atoms with E-state index in [0.717, 1.165) is 45.0 Å². The van der Waals surface area contributed by atoms with E-state index in [1.54, 1.807) is 0 Å². The van der Waals surface area contributed by atoms with Crippen molar-refractivity contribution in [1.82, 2.24) is 15.1 Å². The highest BCUT2D eigenvalue weighted by molar-refractivity contribution is 14.0. The van der Waals surface area contributed by atoms with Crippen LogP contribution in [-0.2, 0) is 22.6 Å². The van der Waals surface area contributed by atoms with E-state index in [-0.39, 0.29) is 35.9 Å². The van der Waals surface area contributed by atoms with Crippen LogP contribution in [0.5, 0.6) is 0 Å². The Morgan fingerprint density at radius 1 is 1.03 bits per heavy atom. The molecule has 0 radical (unpaired) electrons. The molecule has 2 saturated heterocycles. The van der Waals surface area contributed by atoms with Crippen molar-refractivity contribution in [3.63, 3.8) is 0 Å². The molecule has 0 aliphatic carbocycles. The van der Waals surface area contributed by atoms with Crippen molar-refractivity contribution >= 4 is 35.9 Å². The summed E-state index contributed by atoms with van der Waals surface area (Å²) in [5.41, 5.74) is 2.66. The number of nitrogens with zero attached hydrogens (tertiary/aromatic N) is 3. The maximum atomic E-state index is 11.9. The molecule has 2 fully saturated rings. The third-order valence-corrected chi connectivity index (χ3v) is 6.20. The van der Waals surface area contributed by atoms with E-state index in [4.69, 9.17) is 4.74 Å². The largest absolute Gasteiger partial charge is 0.466 e. The number of hydrogen-bond acceptors (Lipinski definition) is 4. The summed E-state index contributed by atoms with van der Waals surface area (Å²) in [6.45, 7) is 8.26. The van der Waals surface area contributed by atoms with Crippen molar-refractivity contribution in [2.24, 2.45) is 10.9 Å². The molecule has 0 aromatic heterocycles. The Morgan fingerprint density at radius 2 is 1.65 bits per heavy atom. The standard InChI is InChI=1S/C24H38N4O2.HI/c1-3-30-23(29)22-12-16-28(17-13-22)24(25-2)26-18-20-8-10-21(11-9-20)19-27-14-6-4-5-7-15-27;/h8-11,22H,3-7,12-19H2,1-2H3,(H,25,26);1H. The average Bonchev–Trinajstić information content (AvgIpc) is 3.04. The summed E-state index contributed by atoms with van der Waals surface area (Å²) >= 11 is 0. The van der Waals surface area contributed by atoms with Crippen molar-refractivity contribution in [3.8, 4) is 0 Å². The minimum Gasteiger partial charge on any atom is -0.466 e. The van der Waals surface area contributed by atoms with Crippen LogP contribution in [0, 0.1) is 5.92 Å². The predicted octanol–water partition coefficient (Wildman–Crippen LogP) is 4.03. The lowest BCUT2D eigenvalue weighted by atomic mass is 9.97. The molecular formula is C24H39IN4O2. The number of esters is 1. The predicted molar refractivity (Wildman–Crippen MR) is 137 cm³/mol. The smallest absolute Gasteiger partial charge is 0.309 e. The van der Waals surface area contributed by atoms with Gasteiger partial charge in [-0.2, -0.15) is 0 Å². The number of guanidine groups is 1. The summed E-state index contributed by atoms with van der Waals surface area (Å²) < 4.78 is 5.17. The van der Waals surface area contributed by atoms with Crippen LogP contribution in [0.15, 0.2) is 29.3 Å². The Labute approximate surface area is 204 Å².